The zero-order chi connectivity index (χ0) is 24.3. The molecule has 10 heteroatoms. The molecule has 0 aromatic heterocycles. The molecule has 2 N–H and O–H groups in total. The van der Waals surface area contributed by atoms with Gasteiger partial charge in [0.05, 0.1) is 11.3 Å². The molecule has 0 saturated carbocycles. The normalized spacial score (nSPS) is 10.1. The van der Waals surface area contributed by atoms with Gasteiger partial charge in [-0.2, -0.15) is 0 Å². The number of hydrogen-bond donors (Lipinski definition) is 2. The van der Waals surface area contributed by atoms with Crippen LogP contribution in [0.4, 0.5) is 11.4 Å². The first-order chi connectivity index (χ1) is 16.4. The van der Waals surface area contributed by atoms with Gasteiger partial charge in [0.15, 0.2) is 6.61 Å². The lowest BCUT2D eigenvalue weighted by molar-refractivity contribution is -0.384. The Bertz CT molecular complexity index is 1150. The van der Waals surface area contributed by atoms with Crippen molar-refractivity contribution < 1.29 is 28.8 Å². The molecule has 0 bridgehead atoms. The van der Waals surface area contributed by atoms with Crippen LogP contribution in [0.3, 0.4) is 0 Å². The van der Waals surface area contributed by atoms with E-state index in [1.165, 1.54) is 24.3 Å². The molecule has 0 unspecified atom stereocenters. The largest absolute Gasteiger partial charge is 0.457 e. The topological polar surface area (TPSA) is 137 Å². The van der Waals surface area contributed by atoms with Crippen LogP contribution in [-0.4, -0.2) is 35.9 Å². The second-order valence-corrected chi connectivity index (χ2v) is 6.96. The highest BCUT2D eigenvalue weighted by atomic mass is 16.6. The lowest BCUT2D eigenvalue weighted by Crippen LogP contribution is -2.27. The highest BCUT2D eigenvalue weighted by Gasteiger charge is 2.11. The summed E-state index contributed by atoms with van der Waals surface area (Å²) in [4.78, 5) is 45.9. The third kappa shape index (κ3) is 7.45. The maximum Gasteiger partial charge on any atom is 0.308 e. The predicted octanol–water partition coefficient (Wildman–Crippen LogP) is 3.69. The number of nitro benzene ring substituents is 1. The third-order valence-corrected chi connectivity index (χ3v) is 4.44. The third-order valence-electron chi connectivity index (χ3n) is 4.44. The van der Waals surface area contributed by atoms with E-state index in [-0.39, 0.29) is 24.2 Å². The van der Waals surface area contributed by atoms with Gasteiger partial charge >= 0.3 is 5.97 Å². The molecule has 3 aromatic rings. The first kappa shape index (κ1) is 23.9. The molecular weight excluding hydrogens is 442 g/mol. The molecule has 0 heterocycles. The highest BCUT2D eigenvalue weighted by Crippen LogP contribution is 2.22. The molecule has 174 valence electrons. The van der Waals surface area contributed by atoms with Crippen molar-refractivity contribution in [1.82, 2.24) is 5.32 Å². The zero-order valence-electron chi connectivity index (χ0n) is 17.9. The van der Waals surface area contributed by atoms with Gasteiger partial charge in [-0.05, 0) is 48.5 Å². The van der Waals surface area contributed by atoms with Crippen molar-refractivity contribution in [2.24, 2.45) is 0 Å². The summed E-state index contributed by atoms with van der Waals surface area (Å²) in [5.74, 6) is -0.368. The van der Waals surface area contributed by atoms with E-state index in [2.05, 4.69) is 10.6 Å². The fourth-order valence-corrected chi connectivity index (χ4v) is 2.76. The Labute approximate surface area is 194 Å². The van der Waals surface area contributed by atoms with Gasteiger partial charge in [0.2, 0.25) is 0 Å². The number of esters is 1. The molecule has 10 nitrogen and oxygen atoms in total. The first-order valence-corrected chi connectivity index (χ1v) is 10.2. The second kappa shape index (κ2) is 11.8. The van der Waals surface area contributed by atoms with Gasteiger partial charge < -0.3 is 20.1 Å². The number of anilines is 1. The van der Waals surface area contributed by atoms with Crippen molar-refractivity contribution in [1.29, 1.82) is 0 Å². The number of hydrogen-bond acceptors (Lipinski definition) is 7. The van der Waals surface area contributed by atoms with Crippen LogP contribution in [0.15, 0.2) is 78.9 Å². The number of non-ortho nitro benzene ring substituents is 1. The van der Waals surface area contributed by atoms with Gasteiger partial charge in [0.25, 0.3) is 17.5 Å². The van der Waals surface area contributed by atoms with Crippen molar-refractivity contribution in [3.63, 3.8) is 0 Å². The number of ether oxygens (including phenoxy) is 2. The standard InChI is InChI=1S/C24H21N3O7/c28-22(26-18-8-12-21(13-9-18)34-20-4-2-1-3-5-20)16-33-23(29)14-15-25-24(30)17-6-10-19(11-7-17)27(31)32/h1-13H,14-16H2,(H,25,30)(H,26,28). The van der Waals surface area contributed by atoms with Gasteiger partial charge in [0, 0.05) is 29.9 Å². The molecule has 34 heavy (non-hydrogen) atoms. The fraction of sp³-hybridized carbons (Fsp3) is 0.125. The molecule has 0 fully saturated rings. The van der Waals surface area contributed by atoms with Crippen molar-refractivity contribution in [3.05, 3.63) is 94.5 Å². The SMILES string of the molecule is O=C(COC(=O)CCNC(=O)c1ccc([N+](=O)[O-])cc1)Nc1ccc(Oc2ccccc2)cc1. The summed E-state index contributed by atoms with van der Waals surface area (Å²) in [7, 11) is 0. The lowest BCUT2D eigenvalue weighted by atomic mass is 10.2. The lowest BCUT2D eigenvalue weighted by Gasteiger charge is -2.09. The highest BCUT2D eigenvalue weighted by molar-refractivity contribution is 5.95. The van der Waals surface area contributed by atoms with Crippen LogP contribution in [0.1, 0.15) is 16.8 Å². The zero-order valence-corrected chi connectivity index (χ0v) is 17.9. The maximum absolute atomic E-state index is 12.0. The van der Waals surface area contributed by atoms with Gasteiger partial charge in [-0.25, -0.2) is 0 Å². The smallest absolute Gasteiger partial charge is 0.308 e. The molecule has 0 atom stereocenters. The molecule has 0 aliphatic heterocycles. The van der Waals surface area contributed by atoms with Crippen molar-refractivity contribution in [2.75, 3.05) is 18.5 Å². The van der Waals surface area contributed by atoms with E-state index in [0.717, 1.165) is 0 Å². The minimum absolute atomic E-state index is 0.0147. The molecular formula is C24H21N3O7. The quantitative estimate of drug-likeness (QED) is 0.266. The van der Waals surface area contributed by atoms with Crippen LogP contribution < -0.4 is 15.4 Å². The summed E-state index contributed by atoms with van der Waals surface area (Å²) < 4.78 is 10.6. The van der Waals surface area contributed by atoms with Crippen LogP contribution in [-0.2, 0) is 14.3 Å². The number of para-hydroxylation sites is 1. The number of carbonyl (C=O) groups is 3. The van der Waals surface area contributed by atoms with Crippen LogP contribution in [0.5, 0.6) is 11.5 Å². The molecule has 3 aromatic carbocycles. The summed E-state index contributed by atoms with van der Waals surface area (Å²) >= 11 is 0. The van der Waals surface area contributed by atoms with Crippen molar-refractivity contribution in [3.8, 4) is 11.5 Å². The summed E-state index contributed by atoms with van der Waals surface area (Å²) in [6.45, 7) is -0.490. The number of amides is 2. The maximum atomic E-state index is 12.0. The van der Waals surface area contributed by atoms with E-state index in [9.17, 15) is 24.5 Å². The van der Waals surface area contributed by atoms with E-state index in [1.54, 1.807) is 24.3 Å². The molecule has 0 saturated heterocycles. The van der Waals surface area contributed by atoms with Crippen molar-refractivity contribution in [2.45, 2.75) is 6.42 Å². The fourth-order valence-electron chi connectivity index (χ4n) is 2.76. The van der Waals surface area contributed by atoms with Crippen LogP contribution in [0.25, 0.3) is 0 Å². The van der Waals surface area contributed by atoms with Crippen LogP contribution in [0, 0.1) is 10.1 Å². The summed E-state index contributed by atoms with van der Waals surface area (Å²) in [5, 5.41) is 15.7. The summed E-state index contributed by atoms with van der Waals surface area (Å²) in [6, 6.07) is 21.0. The Hall–Kier alpha value is -4.73. The molecule has 0 aliphatic carbocycles. The minimum Gasteiger partial charge on any atom is -0.457 e. The summed E-state index contributed by atoms with van der Waals surface area (Å²) in [6.07, 6.45) is -0.141. The van der Waals surface area contributed by atoms with Gasteiger partial charge in [0.1, 0.15) is 11.5 Å². The molecule has 0 spiro atoms. The summed E-state index contributed by atoms with van der Waals surface area (Å²) in [5.41, 5.74) is 0.602. The average Bonchev–Trinajstić information content (AvgIpc) is 2.84. The molecule has 3 rings (SSSR count). The molecule has 0 aliphatic rings. The van der Waals surface area contributed by atoms with Crippen LogP contribution >= 0.6 is 0 Å². The van der Waals surface area contributed by atoms with Gasteiger partial charge in [-0.1, -0.05) is 18.2 Å². The van der Waals surface area contributed by atoms with Crippen LogP contribution in [0.2, 0.25) is 0 Å². The minimum atomic E-state index is -0.661. The van der Waals surface area contributed by atoms with E-state index in [1.807, 2.05) is 30.3 Å². The number of benzene rings is 3. The van der Waals surface area contributed by atoms with Gasteiger partial charge in [-0.3, -0.25) is 24.5 Å². The Morgan fingerprint density at radius 1 is 0.853 bits per heavy atom. The Kier molecular flexibility index (Phi) is 8.28. The average molecular weight is 463 g/mol. The monoisotopic (exact) mass is 463 g/mol. The number of nitrogens with one attached hydrogen (secondary N) is 2. The van der Waals surface area contributed by atoms with Crippen molar-refractivity contribution >= 4 is 29.2 Å². The Morgan fingerprint density at radius 3 is 2.15 bits per heavy atom. The molecule has 0 radical (unpaired) electrons. The van der Waals surface area contributed by atoms with E-state index < -0.39 is 29.3 Å². The Balaban J connectivity index is 1.34. The van der Waals surface area contributed by atoms with Gasteiger partial charge in [-0.15, -0.1) is 0 Å². The number of rotatable bonds is 10. The predicted molar refractivity (Wildman–Crippen MR) is 123 cm³/mol. The first-order valence-electron chi connectivity index (χ1n) is 10.2. The number of nitro groups is 1. The van der Waals surface area contributed by atoms with E-state index in [0.29, 0.717) is 17.2 Å². The van der Waals surface area contributed by atoms with E-state index in [4.69, 9.17) is 9.47 Å². The second-order valence-electron chi connectivity index (χ2n) is 6.96. The number of carbonyl (C=O) groups excluding carboxylic acids is 3. The Morgan fingerprint density at radius 2 is 1.50 bits per heavy atom. The molecule has 2 amide bonds. The number of nitrogens with zero attached hydrogens (tertiary/aromatic N) is 1. The van der Waals surface area contributed by atoms with E-state index >= 15 is 0 Å².